The van der Waals surface area contributed by atoms with Gasteiger partial charge in [0.25, 0.3) is 11.9 Å². The smallest absolute Gasteiger partial charge is 0.292 e. The molecular formula is C20H18FN5O3. The van der Waals surface area contributed by atoms with Crippen LogP contribution >= 0.6 is 0 Å². The number of pyridine rings is 1. The number of ether oxygens (including phenoxy) is 2. The number of rotatable bonds is 4. The molecule has 3 N–H and O–H groups in total. The first kappa shape index (κ1) is 20.0. The molecule has 2 heterocycles. The van der Waals surface area contributed by atoms with Gasteiger partial charge in [0, 0.05) is 18.3 Å². The van der Waals surface area contributed by atoms with Gasteiger partial charge in [-0.3, -0.25) is 4.79 Å². The van der Waals surface area contributed by atoms with E-state index in [-0.39, 0.29) is 17.4 Å². The van der Waals surface area contributed by atoms with Crippen molar-refractivity contribution >= 4 is 23.3 Å². The second kappa shape index (κ2) is 8.95. The molecule has 0 saturated carbocycles. The van der Waals surface area contributed by atoms with Gasteiger partial charge in [0.05, 0.1) is 18.8 Å². The number of hydrogen-bond acceptors (Lipinski definition) is 6. The molecule has 1 aromatic carbocycles. The third-order valence-electron chi connectivity index (χ3n) is 4.06. The zero-order chi connectivity index (χ0) is 20.8. The Hall–Kier alpha value is -3.77. The van der Waals surface area contributed by atoms with Crippen molar-refractivity contribution < 1.29 is 18.7 Å². The summed E-state index contributed by atoms with van der Waals surface area (Å²) in [6, 6.07) is 8.49. The average Bonchev–Trinajstić information content (AvgIpc) is 2.72. The van der Waals surface area contributed by atoms with Gasteiger partial charge >= 0.3 is 0 Å². The molecule has 29 heavy (non-hydrogen) atoms. The number of aromatic nitrogens is 1. The molecule has 0 saturated heterocycles. The van der Waals surface area contributed by atoms with Gasteiger partial charge in [0.1, 0.15) is 29.0 Å². The standard InChI is InChI=1S/C20H18FN5O3/c1-12-11-28-7-6-18(12)29-20(23)26-17-8-14(3-4-15(17)21)25-19(27)16-5-2-13(9-22)10-24-16/h2-5,8,10H,6-7,11H2,1H3,(H2,23,26)(H,25,27). The van der Waals surface area contributed by atoms with Crippen molar-refractivity contribution in [2.75, 3.05) is 18.5 Å². The van der Waals surface area contributed by atoms with E-state index in [4.69, 9.17) is 20.5 Å². The summed E-state index contributed by atoms with van der Waals surface area (Å²) in [6.45, 7) is 2.82. The number of amidine groups is 1. The largest absolute Gasteiger partial charge is 0.430 e. The number of nitrogens with one attached hydrogen (secondary N) is 1. The Balaban J connectivity index is 1.75. The Morgan fingerprint density at radius 3 is 2.93 bits per heavy atom. The van der Waals surface area contributed by atoms with Crippen LogP contribution in [0.2, 0.25) is 0 Å². The quantitative estimate of drug-likeness (QED) is 0.606. The lowest BCUT2D eigenvalue weighted by Gasteiger charge is -2.18. The number of nitrogens with two attached hydrogens (primary N) is 1. The van der Waals surface area contributed by atoms with Gasteiger partial charge < -0.3 is 20.5 Å². The zero-order valence-corrected chi connectivity index (χ0v) is 15.6. The van der Waals surface area contributed by atoms with Crippen LogP contribution in [0.15, 0.2) is 52.9 Å². The maximum atomic E-state index is 14.1. The summed E-state index contributed by atoms with van der Waals surface area (Å²) >= 11 is 0. The van der Waals surface area contributed by atoms with Crippen molar-refractivity contribution in [1.29, 1.82) is 5.26 Å². The van der Waals surface area contributed by atoms with E-state index >= 15 is 0 Å². The van der Waals surface area contributed by atoms with Crippen molar-refractivity contribution in [2.45, 2.75) is 13.3 Å². The molecular weight excluding hydrogens is 377 g/mol. The van der Waals surface area contributed by atoms with E-state index < -0.39 is 11.7 Å². The van der Waals surface area contributed by atoms with Gasteiger partial charge in [0.2, 0.25) is 0 Å². The number of halogens is 1. The maximum Gasteiger partial charge on any atom is 0.292 e. The van der Waals surface area contributed by atoms with Crippen molar-refractivity contribution in [1.82, 2.24) is 4.98 Å². The maximum absolute atomic E-state index is 14.1. The van der Waals surface area contributed by atoms with Gasteiger partial charge in [-0.25, -0.2) is 9.37 Å². The molecule has 0 aliphatic carbocycles. The van der Waals surface area contributed by atoms with Crippen molar-refractivity contribution in [3.63, 3.8) is 0 Å². The van der Waals surface area contributed by atoms with Crippen LogP contribution in [0.5, 0.6) is 0 Å². The lowest BCUT2D eigenvalue weighted by atomic mass is 10.2. The molecule has 0 bridgehead atoms. The molecule has 3 rings (SSSR count). The number of aliphatic imine (C=N–C) groups is 1. The molecule has 1 aliphatic heterocycles. The van der Waals surface area contributed by atoms with E-state index in [1.807, 2.05) is 13.0 Å². The van der Waals surface area contributed by atoms with Crippen LogP contribution in [0, 0.1) is 17.1 Å². The zero-order valence-electron chi connectivity index (χ0n) is 15.6. The van der Waals surface area contributed by atoms with Crippen LogP contribution in [0.3, 0.4) is 0 Å². The van der Waals surface area contributed by atoms with Crippen LogP contribution in [0.1, 0.15) is 29.4 Å². The fourth-order valence-corrected chi connectivity index (χ4v) is 2.56. The first-order chi connectivity index (χ1) is 14.0. The predicted octanol–water partition coefficient (Wildman–Crippen LogP) is 3.00. The van der Waals surface area contributed by atoms with E-state index in [9.17, 15) is 9.18 Å². The van der Waals surface area contributed by atoms with Gasteiger partial charge in [-0.15, -0.1) is 0 Å². The molecule has 0 unspecified atom stereocenters. The lowest BCUT2D eigenvalue weighted by Crippen LogP contribution is -2.20. The summed E-state index contributed by atoms with van der Waals surface area (Å²) in [5.41, 5.74) is 7.36. The summed E-state index contributed by atoms with van der Waals surface area (Å²) in [7, 11) is 0. The van der Waals surface area contributed by atoms with E-state index in [1.165, 1.54) is 30.5 Å². The molecule has 2 aromatic rings. The van der Waals surface area contributed by atoms with Crippen LogP contribution in [0.4, 0.5) is 15.8 Å². The number of anilines is 1. The molecule has 0 atom stereocenters. The molecule has 1 amide bonds. The van der Waals surface area contributed by atoms with Crippen molar-refractivity contribution in [3.05, 3.63) is 64.9 Å². The number of nitriles is 1. The number of benzene rings is 1. The van der Waals surface area contributed by atoms with Gasteiger partial charge in [-0.1, -0.05) is 0 Å². The second-order valence-corrected chi connectivity index (χ2v) is 6.22. The Morgan fingerprint density at radius 1 is 1.41 bits per heavy atom. The average molecular weight is 395 g/mol. The number of hydrogen-bond donors (Lipinski definition) is 2. The molecule has 1 aliphatic rings. The van der Waals surface area contributed by atoms with Crippen molar-refractivity contribution in [2.24, 2.45) is 10.7 Å². The Labute approximate surface area is 166 Å². The molecule has 0 spiro atoms. The second-order valence-electron chi connectivity index (χ2n) is 6.22. The summed E-state index contributed by atoms with van der Waals surface area (Å²) in [6.07, 6.45) is 1.85. The topological polar surface area (TPSA) is 123 Å². The highest BCUT2D eigenvalue weighted by Crippen LogP contribution is 2.24. The molecule has 148 valence electrons. The third kappa shape index (κ3) is 5.15. The summed E-state index contributed by atoms with van der Waals surface area (Å²) in [5, 5.41) is 11.4. The van der Waals surface area contributed by atoms with Gasteiger partial charge in [-0.05, 0) is 42.8 Å². The molecule has 0 fully saturated rings. The normalized spacial score (nSPS) is 14.3. The van der Waals surface area contributed by atoms with Crippen LogP contribution in [0.25, 0.3) is 0 Å². The highest BCUT2D eigenvalue weighted by Gasteiger charge is 2.14. The molecule has 9 heteroatoms. The summed E-state index contributed by atoms with van der Waals surface area (Å²) in [4.78, 5) is 20.2. The molecule has 1 aromatic heterocycles. The fourth-order valence-electron chi connectivity index (χ4n) is 2.56. The van der Waals surface area contributed by atoms with Crippen LogP contribution < -0.4 is 11.1 Å². The van der Waals surface area contributed by atoms with E-state index in [0.29, 0.717) is 36.6 Å². The first-order valence-electron chi connectivity index (χ1n) is 8.71. The summed E-state index contributed by atoms with van der Waals surface area (Å²) < 4.78 is 24.9. The Kier molecular flexibility index (Phi) is 6.16. The van der Waals surface area contributed by atoms with E-state index in [0.717, 1.165) is 11.6 Å². The number of nitrogens with zero attached hydrogens (tertiary/aromatic N) is 3. The van der Waals surface area contributed by atoms with Gasteiger partial charge in [0.15, 0.2) is 0 Å². The number of amides is 1. The minimum absolute atomic E-state index is 0.0848. The minimum atomic E-state index is -0.622. The molecule has 0 radical (unpaired) electrons. The van der Waals surface area contributed by atoms with Crippen LogP contribution in [-0.4, -0.2) is 30.1 Å². The lowest BCUT2D eigenvalue weighted by molar-refractivity contribution is 0.102. The highest BCUT2D eigenvalue weighted by molar-refractivity contribution is 6.03. The number of carbonyl (C=O) groups is 1. The molecule has 8 nitrogen and oxygen atoms in total. The van der Waals surface area contributed by atoms with Gasteiger partial charge in [-0.2, -0.15) is 10.3 Å². The third-order valence-corrected chi connectivity index (χ3v) is 4.06. The number of carbonyl (C=O) groups excluding carboxylic acids is 1. The highest BCUT2D eigenvalue weighted by atomic mass is 19.1. The fraction of sp³-hybridized carbons (Fsp3) is 0.200. The van der Waals surface area contributed by atoms with Crippen LogP contribution in [-0.2, 0) is 9.47 Å². The Morgan fingerprint density at radius 2 is 2.24 bits per heavy atom. The summed E-state index contributed by atoms with van der Waals surface area (Å²) in [5.74, 6) is -0.485. The Bertz CT molecular complexity index is 1030. The monoisotopic (exact) mass is 395 g/mol. The van der Waals surface area contributed by atoms with E-state index in [1.54, 1.807) is 0 Å². The minimum Gasteiger partial charge on any atom is -0.430 e. The SMILES string of the molecule is CC1=C(O/C(N)=N\c2cc(NC(=O)c3ccc(C#N)cn3)ccc2F)CCOC1. The van der Waals surface area contributed by atoms with Crippen molar-refractivity contribution in [3.8, 4) is 6.07 Å². The predicted molar refractivity (Wildman–Crippen MR) is 104 cm³/mol. The first-order valence-corrected chi connectivity index (χ1v) is 8.71. The van der Waals surface area contributed by atoms with E-state index in [2.05, 4.69) is 15.3 Å².